The van der Waals surface area contributed by atoms with Crippen LogP contribution in [-0.4, -0.2) is 12.0 Å². The Morgan fingerprint density at radius 1 is 1.33 bits per heavy atom. The Morgan fingerprint density at radius 3 is 2.87 bits per heavy atom. The van der Waals surface area contributed by atoms with Crippen LogP contribution in [0.2, 0.25) is 0 Å². The summed E-state index contributed by atoms with van der Waals surface area (Å²) in [5.74, 6) is 0. The number of benzene rings is 1. The SMILES string of the molecule is C=CC(NC)c1nccc2ccccc12. The van der Waals surface area contributed by atoms with Gasteiger partial charge in [0.05, 0.1) is 11.7 Å². The van der Waals surface area contributed by atoms with E-state index in [1.165, 1.54) is 10.8 Å². The van der Waals surface area contributed by atoms with Gasteiger partial charge in [-0.25, -0.2) is 0 Å². The quantitative estimate of drug-likeness (QED) is 0.767. The average molecular weight is 198 g/mol. The molecule has 0 spiro atoms. The molecule has 2 heteroatoms. The van der Waals surface area contributed by atoms with Gasteiger partial charge in [0.15, 0.2) is 0 Å². The van der Waals surface area contributed by atoms with E-state index in [-0.39, 0.29) is 6.04 Å². The number of nitrogens with one attached hydrogen (secondary N) is 1. The van der Waals surface area contributed by atoms with Gasteiger partial charge < -0.3 is 5.32 Å². The van der Waals surface area contributed by atoms with E-state index < -0.39 is 0 Å². The second kappa shape index (κ2) is 4.24. The number of aromatic nitrogens is 1. The lowest BCUT2D eigenvalue weighted by Crippen LogP contribution is -2.15. The average Bonchev–Trinajstić information content (AvgIpc) is 2.31. The first-order valence-electron chi connectivity index (χ1n) is 5.00. The van der Waals surface area contributed by atoms with E-state index >= 15 is 0 Å². The Kier molecular flexibility index (Phi) is 2.79. The lowest BCUT2D eigenvalue weighted by Gasteiger charge is -2.12. The van der Waals surface area contributed by atoms with Crippen LogP contribution < -0.4 is 5.32 Å². The van der Waals surface area contributed by atoms with E-state index in [0.717, 1.165) is 5.69 Å². The summed E-state index contributed by atoms with van der Waals surface area (Å²) in [4.78, 5) is 4.42. The zero-order valence-corrected chi connectivity index (χ0v) is 8.77. The van der Waals surface area contributed by atoms with E-state index in [1.54, 1.807) is 0 Å². The minimum Gasteiger partial charge on any atom is -0.309 e. The fourth-order valence-corrected chi connectivity index (χ4v) is 1.76. The summed E-state index contributed by atoms with van der Waals surface area (Å²) in [7, 11) is 1.91. The second-order valence-corrected chi connectivity index (χ2v) is 3.42. The fraction of sp³-hybridized carbons (Fsp3) is 0.154. The molecule has 1 aromatic heterocycles. The van der Waals surface area contributed by atoms with Crippen molar-refractivity contribution in [2.24, 2.45) is 0 Å². The molecule has 0 bridgehead atoms. The molecule has 1 heterocycles. The van der Waals surface area contributed by atoms with Crippen molar-refractivity contribution < 1.29 is 0 Å². The molecule has 0 aliphatic carbocycles. The molecule has 15 heavy (non-hydrogen) atoms. The summed E-state index contributed by atoms with van der Waals surface area (Å²) in [6, 6.07) is 10.4. The Labute approximate surface area is 89.7 Å². The summed E-state index contributed by atoms with van der Waals surface area (Å²) in [5.41, 5.74) is 1.03. The van der Waals surface area contributed by atoms with Crippen LogP contribution in [0.15, 0.2) is 49.2 Å². The van der Waals surface area contributed by atoms with E-state index in [0.29, 0.717) is 0 Å². The van der Waals surface area contributed by atoms with E-state index in [1.807, 2.05) is 37.5 Å². The molecule has 0 saturated carbocycles. The monoisotopic (exact) mass is 198 g/mol. The molecular formula is C13H14N2. The maximum absolute atomic E-state index is 4.42. The molecule has 2 rings (SSSR count). The number of fused-ring (bicyclic) bond motifs is 1. The molecule has 0 amide bonds. The van der Waals surface area contributed by atoms with Crippen molar-refractivity contribution >= 4 is 10.8 Å². The molecule has 0 aliphatic rings. The molecular weight excluding hydrogens is 184 g/mol. The van der Waals surface area contributed by atoms with Gasteiger partial charge in [0, 0.05) is 11.6 Å². The molecule has 1 atom stereocenters. The first-order valence-corrected chi connectivity index (χ1v) is 5.00. The highest BCUT2D eigenvalue weighted by Crippen LogP contribution is 2.22. The van der Waals surface area contributed by atoms with E-state index in [2.05, 4.69) is 29.0 Å². The summed E-state index contributed by atoms with van der Waals surface area (Å²) in [6.45, 7) is 3.81. The standard InChI is InChI=1S/C13H14N2/c1-3-12(14-2)13-11-7-5-4-6-10(11)8-9-15-13/h3-9,12,14H,1H2,2H3. The van der Waals surface area contributed by atoms with Crippen LogP contribution in [0, 0.1) is 0 Å². The molecule has 2 aromatic rings. The van der Waals surface area contributed by atoms with Gasteiger partial charge in [0.25, 0.3) is 0 Å². The molecule has 0 fully saturated rings. The van der Waals surface area contributed by atoms with Crippen LogP contribution >= 0.6 is 0 Å². The molecule has 1 N–H and O–H groups in total. The molecule has 76 valence electrons. The third-order valence-electron chi connectivity index (χ3n) is 2.55. The molecule has 2 nitrogen and oxygen atoms in total. The zero-order chi connectivity index (χ0) is 10.7. The number of likely N-dealkylation sites (N-methyl/N-ethyl adjacent to an activating group) is 1. The van der Waals surface area contributed by atoms with E-state index in [4.69, 9.17) is 0 Å². The minimum atomic E-state index is 0.107. The van der Waals surface area contributed by atoms with E-state index in [9.17, 15) is 0 Å². The summed E-state index contributed by atoms with van der Waals surface area (Å²) in [5, 5.41) is 5.57. The van der Waals surface area contributed by atoms with Gasteiger partial charge in [0.2, 0.25) is 0 Å². The van der Waals surface area contributed by atoms with Crippen molar-refractivity contribution in [2.75, 3.05) is 7.05 Å². The van der Waals surface area contributed by atoms with Crippen LogP contribution in [0.4, 0.5) is 0 Å². The van der Waals surface area contributed by atoms with Gasteiger partial charge in [-0.2, -0.15) is 0 Å². The van der Waals surface area contributed by atoms with Crippen LogP contribution in [0.25, 0.3) is 10.8 Å². The van der Waals surface area contributed by atoms with Crippen molar-refractivity contribution in [2.45, 2.75) is 6.04 Å². The van der Waals surface area contributed by atoms with Gasteiger partial charge in [0.1, 0.15) is 0 Å². The van der Waals surface area contributed by atoms with Crippen LogP contribution in [0.1, 0.15) is 11.7 Å². The molecule has 1 unspecified atom stereocenters. The lowest BCUT2D eigenvalue weighted by atomic mass is 10.1. The zero-order valence-electron chi connectivity index (χ0n) is 8.77. The van der Waals surface area contributed by atoms with Crippen molar-refractivity contribution in [1.82, 2.24) is 10.3 Å². The first-order chi connectivity index (χ1) is 7.36. The fourth-order valence-electron chi connectivity index (χ4n) is 1.76. The molecule has 0 aliphatic heterocycles. The van der Waals surface area contributed by atoms with Crippen LogP contribution in [0.5, 0.6) is 0 Å². The Morgan fingerprint density at radius 2 is 2.13 bits per heavy atom. The largest absolute Gasteiger partial charge is 0.309 e. The maximum Gasteiger partial charge on any atom is 0.0690 e. The molecule has 1 aromatic carbocycles. The second-order valence-electron chi connectivity index (χ2n) is 3.42. The maximum atomic E-state index is 4.42. The predicted molar refractivity (Wildman–Crippen MR) is 63.7 cm³/mol. The molecule has 0 saturated heterocycles. The van der Waals surface area contributed by atoms with Crippen LogP contribution in [0.3, 0.4) is 0 Å². The Hall–Kier alpha value is -1.67. The minimum absolute atomic E-state index is 0.107. The van der Waals surface area contributed by atoms with Gasteiger partial charge in [-0.1, -0.05) is 30.3 Å². The van der Waals surface area contributed by atoms with Crippen molar-refractivity contribution in [3.63, 3.8) is 0 Å². The molecule has 0 radical (unpaired) electrons. The summed E-state index contributed by atoms with van der Waals surface area (Å²) in [6.07, 6.45) is 3.71. The highest BCUT2D eigenvalue weighted by Gasteiger charge is 2.09. The first kappa shape index (κ1) is 9.87. The van der Waals surface area contributed by atoms with Gasteiger partial charge in [-0.3, -0.25) is 4.98 Å². The predicted octanol–water partition coefficient (Wildman–Crippen LogP) is 2.68. The Bertz CT molecular complexity index is 471. The van der Waals surface area contributed by atoms with Gasteiger partial charge in [-0.15, -0.1) is 6.58 Å². The van der Waals surface area contributed by atoms with Gasteiger partial charge >= 0.3 is 0 Å². The highest BCUT2D eigenvalue weighted by atomic mass is 14.9. The van der Waals surface area contributed by atoms with Crippen LogP contribution in [-0.2, 0) is 0 Å². The third kappa shape index (κ3) is 1.76. The topological polar surface area (TPSA) is 24.9 Å². The van der Waals surface area contributed by atoms with Crippen molar-refractivity contribution in [3.05, 3.63) is 54.9 Å². The number of rotatable bonds is 3. The van der Waals surface area contributed by atoms with Crippen molar-refractivity contribution in [1.29, 1.82) is 0 Å². The summed E-state index contributed by atoms with van der Waals surface area (Å²) < 4.78 is 0. The number of nitrogens with zero attached hydrogens (tertiary/aromatic N) is 1. The number of hydrogen-bond acceptors (Lipinski definition) is 2. The van der Waals surface area contributed by atoms with Crippen molar-refractivity contribution in [3.8, 4) is 0 Å². The normalized spacial score (nSPS) is 12.6. The van der Waals surface area contributed by atoms with Gasteiger partial charge in [-0.05, 0) is 18.5 Å². The smallest absolute Gasteiger partial charge is 0.0690 e. The third-order valence-corrected chi connectivity index (χ3v) is 2.55. The lowest BCUT2D eigenvalue weighted by molar-refractivity contribution is 0.700. The highest BCUT2D eigenvalue weighted by molar-refractivity contribution is 5.84. The summed E-state index contributed by atoms with van der Waals surface area (Å²) >= 11 is 0. The Balaban J connectivity index is 2.64. The number of hydrogen-bond donors (Lipinski definition) is 1. The number of pyridine rings is 1.